The first-order valence-corrected chi connectivity index (χ1v) is 10.9. The molecule has 1 aliphatic heterocycles. The number of fused-ring (bicyclic) bond motifs is 2. The Morgan fingerprint density at radius 3 is 2.65 bits per heavy atom. The van der Waals surface area contributed by atoms with Crippen LogP contribution in [-0.4, -0.2) is 40.2 Å². The van der Waals surface area contributed by atoms with E-state index >= 15 is 0 Å². The standard InChI is InChI=1S/C17H31NO4S/c1-17(2)12-10-14(17)13(15(11-12)18-23(3,19)20)7-9-22-16-6-4-5-8-21-16/h12-16,18H,4-11H2,1-3H3/t12-,13+,14+,15?,16?/m1/s1. The molecule has 3 aliphatic carbocycles. The minimum absolute atomic E-state index is 0.0594. The molecule has 5 atom stereocenters. The summed E-state index contributed by atoms with van der Waals surface area (Å²) in [5.41, 5.74) is 0.335. The normalized spacial score (nSPS) is 39.7. The van der Waals surface area contributed by atoms with Crippen LogP contribution in [0.3, 0.4) is 0 Å². The van der Waals surface area contributed by atoms with Gasteiger partial charge in [-0.2, -0.15) is 0 Å². The van der Waals surface area contributed by atoms with E-state index < -0.39 is 10.0 Å². The van der Waals surface area contributed by atoms with Gasteiger partial charge in [-0.15, -0.1) is 0 Å². The molecule has 1 heterocycles. The van der Waals surface area contributed by atoms with E-state index in [0.29, 0.717) is 29.8 Å². The average molecular weight is 346 g/mol. The number of sulfonamides is 1. The van der Waals surface area contributed by atoms with E-state index in [1.54, 1.807) is 0 Å². The van der Waals surface area contributed by atoms with E-state index in [-0.39, 0.29) is 12.3 Å². The molecule has 5 nitrogen and oxygen atoms in total. The lowest BCUT2D eigenvalue weighted by Crippen LogP contribution is -2.61. The zero-order valence-electron chi connectivity index (χ0n) is 14.6. The maximum absolute atomic E-state index is 11.7. The Balaban J connectivity index is 1.58. The second-order valence-electron chi connectivity index (χ2n) is 8.21. The van der Waals surface area contributed by atoms with Crippen LogP contribution < -0.4 is 4.72 Å². The molecule has 0 aromatic heterocycles. The highest BCUT2D eigenvalue weighted by molar-refractivity contribution is 7.88. The van der Waals surface area contributed by atoms with Gasteiger partial charge in [0.2, 0.25) is 10.0 Å². The highest BCUT2D eigenvalue weighted by atomic mass is 32.2. The number of hydrogen-bond donors (Lipinski definition) is 1. The van der Waals surface area contributed by atoms with Crippen LogP contribution in [-0.2, 0) is 19.5 Å². The molecule has 3 saturated carbocycles. The summed E-state index contributed by atoms with van der Waals surface area (Å²) in [5, 5.41) is 0. The smallest absolute Gasteiger partial charge is 0.208 e. The molecule has 0 radical (unpaired) electrons. The summed E-state index contributed by atoms with van der Waals surface area (Å²) in [6, 6.07) is 0.0673. The molecule has 0 aromatic rings. The average Bonchev–Trinajstić information content (AvgIpc) is 2.47. The summed E-state index contributed by atoms with van der Waals surface area (Å²) in [4.78, 5) is 0. The van der Waals surface area contributed by atoms with Gasteiger partial charge in [-0.3, -0.25) is 0 Å². The molecular formula is C17H31NO4S. The quantitative estimate of drug-likeness (QED) is 0.803. The Bertz CT molecular complexity index is 513. The van der Waals surface area contributed by atoms with Crippen molar-refractivity contribution in [3.8, 4) is 0 Å². The van der Waals surface area contributed by atoms with Crippen LogP contribution in [0.25, 0.3) is 0 Å². The SMILES string of the molecule is CC1(C)[C@H]2CC(NS(C)(=O)=O)[C@@H](CCOC3CCCCO3)[C@@H]1C2. The Morgan fingerprint density at radius 1 is 1.26 bits per heavy atom. The first-order valence-electron chi connectivity index (χ1n) is 8.98. The van der Waals surface area contributed by atoms with Crippen molar-refractivity contribution in [1.29, 1.82) is 0 Å². The second kappa shape index (κ2) is 6.62. The lowest BCUT2D eigenvalue weighted by atomic mass is 9.44. The number of nitrogens with one attached hydrogen (secondary N) is 1. The zero-order valence-corrected chi connectivity index (χ0v) is 15.4. The summed E-state index contributed by atoms with van der Waals surface area (Å²) in [6.07, 6.45) is 7.59. The Morgan fingerprint density at radius 2 is 2.04 bits per heavy atom. The van der Waals surface area contributed by atoms with Gasteiger partial charge in [0.25, 0.3) is 0 Å². The number of hydrogen-bond acceptors (Lipinski definition) is 4. The monoisotopic (exact) mass is 345 g/mol. The van der Waals surface area contributed by atoms with Crippen molar-refractivity contribution >= 4 is 10.0 Å². The van der Waals surface area contributed by atoms with Gasteiger partial charge in [-0.1, -0.05) is 13.8 Å². The fourth-order valence-corrected chi connectivity index (χ4v) is 5.76. The van der Waals surface area contributed by atoms with Crippen molar-refractivity contribution in [2.24, 2.45) is 23.2 Å². The molecule has 4 fully saturated rings. The van der Waals surface area contributed by atoms with Gasteiger partial charge in [0.05, 0.1) is 12.9 Å². The van der Waals surface area contributed by atoms with Gasteiger partial charge in [0.15, 0.2) is 6.29 Å². The Kier molecular flexibility index (Phi) is 5.08. The minimum Gasteiger partial charge on any atom is -0.353 e. The molecule has 23 heavy (non-hydrogen) atoms. The summed E-state index contributed by atoms with van der Waals surface area (Å²) in [7, 11) is -3.16. The third kappa shape index (κ3) is 3.91. The largest absolute Gasteiger partial charge is 0.353 e. The molecule has 0 aromatic carbocycles. The highest BCUT2D eigenvalue weighted by Gasteiger charge is 2.57. The highest BCUT2D eigenvalue weighted by Crippen LogP contribution is 2.62. The van der Waals surface area contributed by atoms with E-state index in [4.69, 9.17) is 9.47 Å². The van der Waals surface area contributed by atoms with Crippen molar-refractivity contribution in [2.45, 2.75) is 64.7 Å². The van der Waals surface area contributed by atoms with E-state index in [2.05, 4.69) is 18.6 Å². The molecular weight excluding hydrogens is 314 g/mol. The van der Waals surface area contributed by atoms with Crippen molar-refractivity contribution in [3.05, 3.63) is 0 Å². The van der Waals surface area contributed by atoms with Crippen molar-refractivity contribution in [3.63, 3.8) is 0 Å². The molecule has 6 heteroatoms. The van der Waals surface area contributed by atoms with Gasteiger partial charge >= 0.3 is 0 Å². The maximum atomic E-state index is 11.7. The molecule has 1 saturated heterocycles. The lowest BCUT2D eigenvalue weighted by Gasteiger charge is -2.62. The van der Waals surface area contributed by atoms with Crippen LogP contribution in [0.2, 0.25) is 0 Å². The van der Waals surface area contributed by atoms with Crippen molar-refractivity contribution < 1.29 is 17.9 Å². The molecule has 4 aliphatic rings. The van der Waals surface area contributed by atoms with Gasteiger partial charge < -0.3 is 9.47 Å². The minimum atomic E-state index is -3.16. The Labute approximate surface area is 140 Å². The second-order valence-corrected chi connectivity index (χ2v) is 9.99. The summed E-state index contributed by atoms with van der Waals surface area (Å²) in [6.45, 7) is 6.12. The molecule has 2 unspecified atom stereocenters. The van der Waals surface area contributed by atoms with E-state index in [1.807, 2.05) is 0 Å². The fourth-order valence-electron chi connectivity index (χ4n) is 4.94. The topological polar surface area (TPSA) is 64.6 Å². The van der Waals surface area contributed by atoms with Gasteiger partial charge in [0, 0.05) is 12.6 Å². The maximum Gasteiger partial charge on any atom is 0.208 e. The van der Waals surface area contributed by atoms with E-state index in [0.717, 1.165) is 32.3 Å². The van der Waals surface area contributed by atoms with Crippen molar-refractivity contribution in [1.82, 2.24) is 4.72 Å². The molecule has 134 valence electrons. The summed E-state index contributed by atoms with van der Waals surface area (Å²) in [5.74, 6) is 1.61. The van der Waals surface area contributed by atoms with Crippen LogP contribution in [0.15, 0.2) is 0 Å². The first-order chi connectivity index (χ1) is 10.8. The number of rotatable bonds is 6. The van der Waals surface area contributed by atoms with Crippen LogP contribution in [0, 0.1) is 23.2 Å². The lowest BCUT2D eigenvalue weighted by molar-refractivity contribution is -0.173. The molecule has 2 bridgehead atoms. The van der Waals surface area contributed by atoms with Crippen molar-refractivity contribution in [2.75, 3.05) is 19.5 Å². The van der Waals surface area contributed by atoms with Crippen LogP contribution in [0.4, 0.5) is 0 Å². The van der Waals surface area contributed by atoms with Crippen LogP contribution in [0.1, 0.15) is 52.4 Å². The summed E-state index contributed by atoms with van der Waals surface area (Å²) < 4.78 is 37.8. The van der Waals surface area contributed by atoms with Gasteiger partial charge in [-0.05, 0) is 61.7 Å². The number of ether oxygens (including phenoxy) is 2. The van der Waals surface area contributed by atoms with Gasteiger partial charge in [0.1, 0.15) is 0 Å². The first kappa shape index (κ1) is 17.6. The fraction of sp³-hybridized carbons (Fsp3) is 1.00. The Hall–Kier alpha value is -0.170. The molecule has 0 spiro atoms. The van der Waals surface area contributed by atoms with E-state index in [1.165, 1.54) is 19.1 Å². The predicted octanol–water partition coefficient (Wildman–Crippen LogP) is 2.52. The van der Waals surface area contributed by atoms with Gasteiger partial charge in [-0.25, -0.2) is 13.1 Å². The molecule has 4 rings (SSSR count). The molecule has 0 amide bonds. The third-order valence-electron chi connectivity index (χ3n) is 6.38. The van der Waals surface area contributed by atoms with Crippen LogP contribution >= 0.6 is 0 Å². The third-order valence-corrected chi connectivity index (χ3v) is 7.11. The van der Waals surface area contributed by atoms with E-state index in [9.17, 15) is 8.42 Å². The van der Waals surface area contributed by atoms with Crippen LogP contribution in [0.5, 0.6) is 0 Å². The zero-order chi connectivity index (χ0) is 16.7. The molecule has 1 N–H and O–H groups in total. The summed E-state index contributed by atoms with van der Waals surface area (Å²) >= 11 is 0. The predicted molar refractivity (Wildman–Crippen MR) is 89.4 cm³/mol.